The third kappa shape index (κ3) is 7.34. The largest absolute Gasteiger partial charge is 0.470 e. The molecule has 5 atom stereocenters. The quantitative estimate of drug-likeness (QED) is 0.214. The van der Waals surface area contributed by atoms with Crippen LogP contribution in [0.15, 0.2) is 0 Å². The molecule has 0 aromatic heterocycles. The van der Waals surface area contributed by atoms with Gasteiger partial charge in [-0.2, -0.15) is 0 Å². The Hall–Kier alpha value is 0.250. The van der Waals surface area contributed by atoms with E-state index in [4.69, 9.17) is 29.4 Å². The molecule has 0 heterocycles. The van der Waals surface area contributed by atoms with Crippen molar-refractivity contribution >= 4 is 23.5 Å². The smallest absolute Gasteiger partial charge is 0.390 e. The van der Waals surface area contributed by atoms with Crippen LogP contribution in [-0.4, -0.2) is 70.1 Å². The fraction of sp³-hybridized carbons (Fsp3) is 1.00. The van der Waals surface area contributed by atoms with Gasteiger partial charge in [0.25, 0.3) is 0 Å². The van der Waals surface area contributed by atoms with Gasteiger partial charge in [0.05, 0.1) is 6.10 Å². The summed E-state index contributed by atoms with van der Waals surface area (Å²) in [5.74, 6) is 0. The highest BCUT2D eigenvalue weighted by molar-refractivity contribution is 7.46. The van der Waals surface area contributed by atoms with Crippen molar-refractivity contribution in [3.8, 4) is 0 Å². The predicted molar refractivity (Wildman–Crippen MR) is 67.4 cm³/mol. The van der Waals surface area contributed by atoms with Crippen molar-refractivity contribution in [1.29, 1.82) is 0 Å². The number of hydrogen-bond acceptors (Lipinski definition) is 8. The third-order valence-corrected chi connectivity index (χ3v) is 4.27. The lowest BCUT2D eigenvalue weighted by molar-refractivity contribution is -0.165. The van der Waals surface area contributed by atoms with Crippen LogP contribution < -0.4 is 0 Å². The van der Waals surface area contributed by atoms with Gasteiger partial charge in [-0.3, -0.25) is 13.6 Å². The van der Waals surface area contributed by atoms with Crippen molar-refractivity contribution in [2.75, 3.05) is 0 Å². The van der Waals surface area contributed by atoms with Crippen molar-refractivity contribution in [2.24, 2.45) is 0 Å². The van der Waals surface area contributed by atoms with E-state index >= 15 is 0 Å². The molecule has 0 bridgehead atoms. The Bertz CT molecular complexity index is 545. The Labute approximate surface area is 128 Å². The molecule has 8 N–H and O–H groups in total. The van der Waals surface area contributed by atoms with Crippen LogP contribution in [0.25, 0.3) is 0 Å². The molecule has 0 saturated heterocycles. The van der Waals surface area contributed by atoms with Crippen molar-refractivity contribution in [3.63, 3.8) is 0 Å². The van der Waals surface area contributed by atoms with Gasteiger partial charge in [-0.05, 0) is 0 Å². The normalized spacial score (nSPS) is 33.7. The van der Waals surface area contributed by atoms with Gasteiger partial charge in [-0.1, -0.05) is 0 Å². The molecule has 0 amide bonds. The van der Waals surface area contributed by atoms with E-state index < -0.39 is 60.4 Å². The first-order chi connectivity index (χ1) is 10.1. The topological polar surface area (TPSA) is 241 Å². The number of phosphoric acid groups is 3. The van der Waals surface area contributed by atoms with Crippen molar-refractivity contribution < 1.29 is 66.8 Å². The van der Waals surface area contributed by atoms with Gasteiger partial charge < -0.3 is 39.6 Å². The number of hydrogen-bond donors (Lipinski definition) is 8. The second kappa shape index (κ2) is 7.24. The fourth-order valence-corrected chi connectivity index (χ4v) is 3.69. The lowest BCUT2D eigenvalue weighted by atomic mass is 9.87. The Kier molecular flexibility index (Phi) is 6.70. The summed E-state index contributed by atoms with van der Waals surface area (Å²) in [4.78, 5) is 52.4. The highest BCUT2D eigenvalue weighted by Crippen LogP contribution is 2.49. The summed E-state index contributed by atoms with van der Waals surface area (Å²) in [6, 6.07) is 0. The van der Waals surface area contributed by atoms with E-state index in [1.807, 2.05) is 0 Å². The first-order valence-electron chi connectivity index (χ1n) is 5.67. The molecule has 17 heteroatoms. The summed E-state index contributed by atoms with van der Waals surface area (Å²) in [5.41, 5.74) is 0. The van der Waals surface area contributed by atoms with Gasteiger partial charge in [0.1, 0.15) is 24.4 Å². The molecule has 0 aliphatic heterocycles. The molecule has 0 unspecified atom stereocenters. The molecule has 1 saturated carbocycles. The SMILES string of the molecule is O=P(O)(O)O[C@@H]1[C@@H](O)[C@H](OP(=O)(O)O)C[C@@H](O)[C@H]1OP(=O)(O)O. The van der Waals surface area contributed by atoms with Crippen LogP contribution in [0.4, 0.5) is 0 Å². The maximum atomic E-state index is 10.9. The first kappa shape index (κ1) is 21.3. The summed E-state index contributed by atoms with van der Waals surface area (Å²) in [6.07, 6.45) is -11.1. The Morgan fingerprint density at radius 1 is 0.696 bits per heavy atom. The van der Waals surface area contributed by atoms with Crippen molar-refractivity contribution in [1.82, 2.24) is 0 Å². The van der Waals surface area contributed by atoms with Crippen molar-refractivity contribution in [3.05, 3.63) is 0 Å². The molecule has 0 aromatic carbocycles. The summed E-state index contributed by atoms with van der Waals surface area (Å²) in [5, 5.41) is 19.6. The van der Waals surface area contributed by atoms with E-state index in [9.17, 15) is 23.9 Å². The van der Waals surface area contributed by atoms with Crippen LogP contribution in [0.1, 0.15) is 6.42 Å². The highest BCUT2D eigenvalue weighted by Gasteiger charge is 2.51. The van der Waals surface area contributed by atoms with Gasteiger partial charge >= 0.3 is 23.5 Å². The molecule has 1 fully saturated rings. The van der Waals surface area contributed by atoms with Gasteiger partial charge in [-0.15, -0.1) is 0 Å². The van der Waals surface area contributed by atoms with Gasteiger partial charge in [0.15, 0.2) is 0 Å². The van der Waals surface area contributed by atoms with Crippen LogP contribution in [-0.2, 0) is 27.3 Å². The Morgan fingerprint density at radius 3 is 1.48 bits per heavy atom. The monoisotopic (exact) mass is 404 g/mol. The minimum Gasteiger partial charge on any atom is -0.390 e. The second-order valence-electron chi connectivity index (χ2n) is 4.55. The zero-order chi connectivity index (χ0) is 18.2. The van der Waals surface area contributed by atoms with Gasteiger partial charge in [-0.25, -0.2) is 13.7 Å². The molecule has 23 heavy (non-hydrogen) atoms. The molecule has 14 nitrogen and oxygen atoms in total. The minimum absolute atomic E-state index is 0.766. The Morgan fingerprint density at radius 2 is 1.09 bits per heavy atom. The number of aliphatic hydroxyl groups is 2. The van der Waals surface area contributed by atoms with Crippen LogP contribution in [0.5, 0.6) is 0 Å². The molecular formula is C6H15O14P3. The highest BCUT2D eigenvalue weighted by atomic mass is 31.2. The molecule has 1 rings (SSSR count). The molecule has 0 aromatic rings. The lowest BCUT2D eigenvalue weighted by Crippen LogP contribution is -2.57. The van der Waals surface area contributed by atoms with Crippen LogP contribution in [0.3, 0.4) is 0 Å². The zero-order valence-electron chi connectivity index (χ0n) is 11.0. The number of phosphoric ester groups is 3. The second-order valence-corrected chi connectivity index (χ2v) is 8.13. The summed E-state index contributed by atoms with van der Waals surface area (Å²) in [6.45, 7) is 0. The summed E-state index contributed by atoms with van der Waals surface area (Å²) < 4.78 is 44.9. The zero-order valence-corrected chi connectivity index (χ0v) is 13.6. The van der Waals surface area contributed by atoms with E-state index in [1.54, 1.807) is 0 Å². The summed E-state index contributed by atoms with van der Waals surface area (Å²) >= 11 is 0. The first-order valence-corrected chi connectivity index (χ1v) is 10.3. The average Bonchev–Trinajstić information content (AvgIpc) is 2.25. The molecule has 138 valence electrons. The minimum atomic E-state index is -5.33. The maximum Gasteiger partial charge on any atom is 0.470 e. The maximum absolute atomic E-state index is 10.9. The standard InChI is InChI=1S/C6H15O14P3/c7-2-1-3(18-21(9,10)11)4(8)6(20-23(15,16)17)5(2)19-22(12,13)14/h2-8H,1H2,(H2,9,10,11)(H2,12,13,14)(H2,15,16,17)/t2-,3-,4+,5-,6-/m1/s1. The molecular weight excluding hydrogens is 389 g/mol. The number of aliphatic hydroxyl groups excluding tert-OH is 2. The van der Waals surface area contributed by atoms with Crippen LogP contribution in [0, 0.1) is 0 Å². The van der Waals surface area contributed by atoms with E-state index in [2.05, 4.69) is 13.6 Å². The molecule has 1 aliphatic rings. The van der Waals surface area contributed by atoms with E-state index in [1.165, 1.54) is 0 Å². The van der Waals surface area contributed by atoms with Gasteiger partial charge in [0, 0.05) is 6.42 Å². The van der Waals surface area contributed by atoms with Crippen LogP contribution in [0.2, 0.25) is 0 Å². The molecule has 0 spiro atoms. The lowest BCUT2D eigenvalue weighted by Gasteiger charge is -2.41. The van der Waals surface area contributed by atoms with Gasteiger partial charge in [0.2, 0.25) is 0 Å². The molecule has 0 radical (unpaired) electrons. The van der Waals surface area contributed by atoms with Crippen LogP contribution >= 0.6 is 23.5 Å². The fourth-order valence-electron chi connectivity index (χ4n) is 1.99. The van der Waals surface area contributed by atoms with E-state index in [0.717, 1.165) is 0 Å². The van der Waals surface area contributed by atoms with E-state index in [-0.39, 0.29) is 0 Å². The molecule has 1 aliphatic carbocycles. The average molecular weight is 404 g/mol. The van der Waals surface area contributed by atoms with E-state index in [0.29, 0.717) is 0 Å². The van der Waals surface area contributed by atoms with Crippen molar-refractivity contribution in [2.45, 2.75) is 36.9 Å². The number of rotatable bonds is 6. The Balaban J connectivity index is 3.10. The third-order valence-electron chi connectivity index (χ3n) is 2.69. The predicted octanol–water partition coefficient (Wildman–Crippen LogP) is -2.45. The summed E-state index contributed by atoms with van der Waals surface area (Å²) in [7, 11) is -15.7.